The van der Waals surface area contributed by atoms with E-state index in [1.54, 1.807) is 0 Å². The molecule has 0 spiro atoms. The van der Waals surface area contributed by atoms with Crippen molar-refractivity contribution in [2.75, 3.05) is 7.11 Å². The Morgan fingerprint density at radius 3 is 2.86 bits per heavy atom. The molecule has 0 N–H and O–H groups in total. The van der Waals surface area contributed by atoms with Crippen molar-refractivity contribution in [3.05, 3.63) is 27.0 Å². The van der Waals surface area contributed by atoms with Gasteiger partial charge in [-0.1, -0.05) is 21.6 Å². The molecule has 0 fully saturated rings. The number of nitro groups is 1. The molecule has 0 amide bonds. The summed E-state index contributed by atoms with van der Waals surface area (Å²) in [5.41, 5.74) is -0.323. The van der Waals surface area contributed by atoms with Crippen LogP contribution in [0.15, 0.2) is 6.20 Å². The monoisotopic (exact) mass is 217 g/mol. The molecule has 0 unspecified atom stereocenters. The van der Waals surface area contributed by atoms with Crippen molar-refractivity contribution < 1.29 is 14.5 Å². The van der Waals surface area contributed by atoms with Gasteiger partial charge >= 0.3 is 11.9 Å². The predicted molar refractivity (Wildman–Crippen MR) is 45.0 cm³/mol. The molecule has 0 atom stereocenters. The highest BCUT2D eigenvalue weighted by Crippen LogP contribution is 2.15. The summed E-state index contributed by atoms with van der Waals surface area (Å²) in [5, 5.41) is 10.2. The first-order valence-corrected chi connectivity index (χ1v) is 3.69. The van der Waals surface area contributed by atoms with Crippen molar-refractivity contribution in [3.8, 4) is 0 Å². The van der Waals surface area contributed by atoms with E-state index < -0.39 is 16.8 Å². The Hall–Kier alpha value is -1.76. The molecule has 14 heavy (non-hydrogen) atoms. The summed E-state index contributed by atoms with van der Waals surface area (Å²) in [5.74, 6) is -1.55. The van der Waals surface area contributed by atoms with Crippen LogP contribution in [0.4, 0.5) is 5.95 Å². The van der Waals surface area contributed by atoms with Crippen molar-refractivity contribution in [2.24, 2.45) is 0 Å². The maximum Gasteiger partial charge on any atom is 0.469 e. The minimum atomic E-state index is -0.847. The van der Waals surface area contributed by atoms with Crippen LogP contribution in [0.1, 0.15) is 10.5 Å². The lowest BCUT2D eigenvalue weighted by Gasteiger charge is -1.96. The summed E-state index contributed by atoms with van der Waals surface area (Å²) < 4.78 is 4.32. The number of halogens is 1. The van der Waals surface area contributed by atoms with Crippen molar-refractivity contribution in [2.45, 2.75) is 0 Å². The highest BCUT2D eigenvalue weighted by molar-refractivity contribution is 6.33. The second kappa shape index (κ2) is 3.97. The zero-order valence-corrected chi connectivity index (χ0v) is 7.69. The van der Waals surface area contributed by atoms with Gasteiger partial charge in [0.25, 0.3) is 0 Å². The number of esters is 1. The zero-order chi connectivity index (χ0) is 10.7. The molecule has 0 aliphatic rings. The summed E-state index contributed by atoms with van der Waals surface area (Å²) in [4.78, 5) is 27.1. The van der Waals surface area contributed by atoms with Gasteiger partial charge in [0.15, 0.2) is 0 Å². The molecule has 1 rings (SSSR count). The maximum absolute atomic E-state index is 11.0. The molecule has 0 saturated carbocycles. The summed E-state index contributed by atoms with van der Waals surface area (Å²) in [6.45, 7) is 0. The van der Waals surface area contributed by atoms with Crippen LogP contribution in [0.2, 0.25) is 5.02 Å². The van der Waals surface area contributed by atoms with Gasteiger partial charge < -0.3 is 14.9 Å². The summed E-state index contributed by atoms with van der Waals surface area (Å²) >= 11 is 5.53. The zero-order valence-electron chi connectivity index (χ0n) is 6.93. The molecule has 0 aliphatic carbocycles. The number of carbonyl (C=O) groups is 1. The van der Waals surface area contributed by atoms with E-state index in [9.17, 15) is 14.9 Å². The minimum absolute atomic E-state index is 0.0950. The lowest BCUT2D eigenvalue weighted by Crippen LogP contribution is -2.08. The van der Waals surface area contributed by atoms with Crippen molar-refractivity contribution >= 4 is 23.5 Å². The molecule has 0 saturated heterocycles. The molecule has 0 aromatic carbocycles. The first kappa shape index (κ1) is 10.3. The third-order valence-corrected chi connectivity index (χ3v) is 1.55. The van der Waals surface area contributed by atoms with Gasteiger partial charge in [0.05, 0.1) is 7.11 Å². The molecule has 0 bridgehead atoms. The second-order valence-electron chi connectivity index (χ2n) is 2.12. The predicted octanol–water partition coefficient (Wildman–Crippen LogP) is 0.825. The van der Waals surface area contributed by atoms with Crippen LogP contribution in [0.5, 0.6) is 0 Å². The lowest BCUT2D eigenvalue weighted by atomic mass is 10.4. The van der Waals surface area contributed by atoms with Crippen LogP contribution in [-0.4, -0.2) is 28.0 Å². The van der Waals surface area contributed by atoms with Crippen molar-refractivity contribution in [1.29, 1.82) is 0 Å². The second-order valence-corrected chi connectivity index (χ2v) is 2.52. The normalized spacial score (nSPS) is 9.57. The highest BCUT2D eigenvalue weighted by atomic mass is 35.5. The van der Waals surface area contributed by atoms with E-state index in [1.165, 1.54) is 0 Å². The van der Waals surface area contributed by atoms with Crippen molar-refractivity contribution in [1.82, 2.24) is 9.97 Å². The number of methoxy groups -OCH3 is 1. The van der Waals surface area contributed by atoms with Crippen LogP contribution in [0.3, 0.4) is 0 Å². The smallest absolute Gasteiger partial charge is 0.463 e. The molecule has 7 nitrogen and oxygen atoms in total. The van der Waals surface area contributed by atoms with Gasteiger partial charge in [0, 0.05) is 0 Å². The summed E-state index contributed by atoms with van der Waals surface area (Å²) in [7, 11) is 1.12. The summed E-state index contributed by atoms with van der Waals surface area (Å²) in [6.07, 6.45) is 0.971. The molecular weight excluding hydrogens is 214 g/mol. The van der Waals surface area contributed by atoms with Gasteiger partial charge in [0.2, 0.25) is 5.69 Å². The van der Waals surface area contributed by atoms with Gasteiger partial charge in [-0.3, -0.25) is 0 Å². The van der Waals surface area contributed by atoms with Crippen LogP contribution < -0.4 is 0 Å². The highest BCUT2D eigenvalue weighted by Gasteiger charge is 2.22. The quantitative estimate of drug-likeness (QED) is 0.414. The van der Waals surface area contributed by atoms with Gasteiger partial charge in [-0.2, -0.15) is 0 Å². The fraction of sp³-hybridized carbons (Fsp3) is 0.167. The van der Waals surface area contributed by atoms with E-state index in [0.717, 1.165) is 13.3 Å². The van der Waals surface area contributed by atoms with Crippen LogP contribution >= 0.6 is 11.6 Å². The lowest BCUT2D eigenvalue weighted by molar-refractivity contribution is -0.394. The van der Waals surface area contributed by atoms with Gasteiger partial charge in [-0.15, -0.1) is 0 Å². The SMILES string of the molecule is COC(=O)c1nc([N+](=O)[O-])ncc1Cl. The van der Waals surface area contributed by atoms with E-state index in [-0.39, 0.29) is 10.7 Å². The van der Waals surface area contributed by atoms with E-state index in [2.05, 4.69) is 14.7 Å². The van der Waals surface area contributed by atoms with Gasteiger partial charge in [-0.25, -0.2) is 4.79 Å². The number of nitrogens with zero attached hydrogens (tertiary/aromatic N) is 3. The number of rotatable bonds is 2. The van der Waals surface area contributed by atoms with Gasteiger partial charge in [0.1, 0.15) is 11.2 Å². The molecule has 1 aromatic heterocycles. The fourth-order valence-corrected chi connectivity index (χ4v) is 0.854. The number of ether oxygens (including phenoxy) is 1. The van der Waals surface area contributed by atoms with Crippen LogP contribution in [0, 0.1) is 10.1 Å². The molecule has 8 heteroatoms. The Morgan fingerprint density at radius 2 is 2.36 bits per heavy atom. The average Bonchev–Trinajstić information content (AvgIpc) is 2.17. The van der Waals surface area contributed by atoms with E-state index in [0.29, 0.717) is 0 Å². The van der Waals surface area contributed by atoms with E-state index >= 15 is 0 Å². The third-order valence-electron chi connectivity index (χ3n) is 1.27. The molecule has 0 radical (unpaired) electrons. The molecule has 1 aromatic rings. The molecule has 74 valence electrons. The number of hydrogen-bond acceptors (Lipinski definition) is 6. The first-order chi connectivity index (χ1) is 6.56. The topological polar surface area (TPSA) is 95.2 Å². The van der Waals surface area contributed by atoms with E-state index in [4.69, 9.17) is 11.6 Å². The van der Waals surface area contributed by atoms with Crippen LogP contribution in [-0.2, 0) is 4.74 Å². The minimum Gasteiger partial charge on any atom is -0.463 e. The fourth-order valence-electron chi connectivity index (χ4n) is 0.686. The van der Waals surface area contributed by atoms with Crippen molar-refractivity contribution in [3.63, 3.8) is 0 Å². The Morgan fingerprint density at radius 1 is 1.71 bits per heavy atom. The maximum atomic E-state index is 11.0. The Labute approximate surface area is 82.8 Å². The van der Waals surface area contributed by atoms with Crippen LogP contribution in [0.25, 0.3) is 0 Å². The molecule has 0 aliphatic heterocycles. The first-order valence-electron chi connectivity index (χ1n) is 3.31. The molecular formula is C6H4ClN3O4. The number of carbonyl (C=O) groups excluding carboxylic acids is 1. The number of hydrogen-bond donors (Lipinski definition) is 0. The largest absolute Gasteiger partial charge is 0.469 e. The average molecular weight is 218 g/mol. The Bertz CT molecular complexity index is 395. The van der Waals surface area contributed by atoms with E-state index in [1.807, 2.05) is 0 Å². The Kier molecular flexibility index (Phi) is 2.92. The summed E-state index contributed by atoms with van der Waals surface area (Å²) in [6, 6.07) is 0. The van der Waals surface area contributed by atoms with Gasteiger partial charge in [-0.05, 0) is 4.92 Å². The molecule has 1 heterocycles. The number of aromatic nitrogens is 2. The standard InChI is InChI=1S/C6H4ClN3O4/c1-14-5(11)4-3(7)2-8-6(9-4)10(12)13/h2H,1H3. The Balaban J connectivity index is 3.21. The third kappa shape index (κ3) is 1.94.